The van der Waals surface area contributed by atoms with E-state index in [0.29, 0.717) is 18.3 Å². The van der Waals surface area contributed by atoms with Gasteiger partial charge in [0.25, 0.3) is 5.91 Å². The van der Waals surface area contributed by atoms with Crippen molar-refractivity contribution >= 4 is 5.91 Å². The quantitative estimate of drug-likeness (QED) is 0.766. The molecule has 0 aromatic heterocycles. The Morgan fingerprint density at radius 3 is 3.05 bits per heavy atom. The Balaban J connectivity index is 1.84. The van der Waals surface area contributed by atoms with Crippen molar-refractivity contribution in [1.82, 2.24) is 10.6 Å². The Morgan fingerprint density at radius 1 is 1.50 bits per heavy atom. The molecule has 5 nitrogen and oxygen atoms in total. The van der Waals surface area contributed by atoms with Crippen LogP contribution in [0.15, 0.2) is 18.2 Å². The first-order valence-electron chi connectivity index (χ1n) is 7.09. The normalized spacial score (nSPS) is 18.6. The lowest BCUT2D eigenvalue weighted by Gasteiger charge is -2.23. The summed E-state index contributed by atoms with van der Waals surface area (Å²) in [6.07, 6.45) is 4.57. The number of hydrogen-bond acceptors (Lipinski definition) is 4. The van der Waals surface area contributed by atoms with E-state index in [1.807, 2.05) is 0 Å². The lowest BCUT2D eigenvalue weighted by atomic mass is 10.0. The first-order valence-corrected chi connectivity index (χ1v) is 7.09. The van der Waals surface area contributed by atoms with Crippen LogP contribution in [0.5, 0.6) is 11.5 Å². The predicted molar refractivity (Wildman–Crippen MR) is 77.3 cm³/mol. The van der Waals surface area contributed by atoms with E-state index in [4.69, 9.17) is 4.74 Å². The van der Waals surface area contributed by atoms with Gasteiger partial charge in [0.2, 0.25) is 0 Å². The molecule has 1 aliphatic heterocycles. The highest BCUT2D eigenvalue weighted by Crippen LogP contribution is 2.22. The minimum atomic E-state index is -0.266. The van der Waals surface area contributed by atoms with Crippen molar-refractivity contribution in [3.63, 3.8) is 0 Å². The third-order valence-electron chi connectivity index (χ3n) is 3.64. The lowest BCUT2D eigenvalue weighted by molar-refractivity contribution is 0.0948. The summed E-state index contributed by atoms with van der Waals surface area (Å²) in [5, 5.41) is 16.0. The molecule has 1 heterocycles. The van der Waals surface area contributed by atoms with Crippen molar-refractivity contribution in [1.29, 1.82) is 0 Å². The number of benzene rings is 1. The van der Waals surface area contributed by atoms with Crippen LogP contribution in [0.1, 0.15) is 36.0 Å². The fraction of sp³-hybridized carbons (Fsp3) is 0.533. The monoisotopic (exact) mass is 278 g/mol. The van der Waals surface area contributed by atoms with Crippen LogP contribution < -0.4 is 15.4 Å². The molecule has 1 amide bonds. The van der Waals surface area contributed by atoms with Crippen LogP contribution in [0.2, 0.25) is 0 Å². The molecule has 1 atom stereocenters. The Labute approximate surface area is 119 Å². The molecule has 1 aliphatic rings. The van der Waals surface area contributed by atoms with Crippen molar-refractivity contribution in [3.8, 4) is 11.5 Å². The van der Waals surface area contributed by atoms with E-state index < -0.39 is 0 Å². The van der Waals surface area contributed by atoms with Crippen molar-refractivity contribution in [2.75, 3.05) is 20.2 Å². The van der Waals surface area contributed by atoms with Gasteiger partial charge in [0, 0.05) is 12.6 Å². The van der Waals surface area contributed by atoms with Gasteiger partial charge in [0.1, 0.15) is 11.5 Å². The van der Waals surface area contributed by atoms with E-state index in [-0.39, 0.29) is 17.2 Å². The summed E-state index contributed by atoms with van der Waals surface area (Å²) in [7, 11) is 1.53. The molecule has 1 unspecified atom stereocenters. The maximum absolute atomic E-state index is 12.0. The fourth-order valence-corrected chi connectivity index (χ4v) is 2.45. The van der Waals surface area contributed by atoms with E-state index >= 15 is 0 Å². The second-order valence-corrected chi connectivity index (χ2v) is 5.07. The van der Waals surface area contributed by atoms with Crippen LogP contribution in [-0.2, 0) is 0 Å². The lowest BCUT2D eigenvalue weighted by Crippen LogP contribution is -2.37. The van der Waals surface area contributed by atoms with Crippen LogP contribution in [0.3, 0.4) is 0 Å². The summed E-state index contributed by atoms with van der Waals surface area (Å²) >= 11 is 0. The Kier molecular flexibility index (Phi) is 5.24. The zero-order valence-electron chi connectivity index (χ0n) is 11.8. The van der Waals surface area contributed by atoms with E-state index in [9.17, 15) is 9.90 Å². The smallest absolute Gasteiger partial charge is 0.255 e. The molecule has 1 saturated heterocycles. The van der Waals surface area contributed by atoms with Crippen molar-refractivity contribution in [3.05, 3.63) is 23.8 Å². The Hall–Kier alpha value is -1.75. The molecule has 1 fully saturated rings. The highest BCUT2D eigenvalue weighted by molar-refractivity contribution is 5.97. The second-order valence-electron chi connectivity index (χ2n) is 5.07. The minimum Gasteiger partial charge on any atom is -0.507 e. The van der Waals surface area contributed by atoms with Gasteiger partial charge in [-0.1, -0.05) is 6.42 Å². The van der Waals surface area contributed by atoms with Gasteiger partial charge in [-0.3, -0.25) is 4.79 Å². The van der Waals surface area contributed by atoms with E-state index in [1.54, 1.807) is 12.1 Å². The highest BCUT2D eigenvalue weighted by atomic mass is 16.5. The van der Waals surface area contributed by atoms with Gasteiger partial charge >= 0.3 is 0 Å². The van der Waals surface area contributed by atoms with Crippen LogP contribution in [0.25, 0.3) is 0 Å². The zero-order chi connectivity index (χ0) is 14.4. The predicted octanol–water partition coefficient (Wildman–Crippen LogP) is 1.66. The Morgan fingerprint density at radius 2 is 2.35 bits per heavy atom. The maximum atomic E-state index is 12.0. The van der Waals surface area contributed by atoms with Crippen molar-refractivity contribution < 1.29 is 14.6 Å². The fourth-order valence-electron chi connectivity index (χ4n) is 2.45. The molecule has 0 radical (unpaired) electrons. The highest BCUT2D eigenvalue weighted by Gasteiger charge is 2.15. The number of carbonyl (C=O) groups excluding carboxylic acids is 1. The van der Waals surface area contributed by atoms with Gasteiger partial charge in [0.05, 0.1) is 12.7 Å². The van der Waals surface area contributed by atoms with Crippen LogP contribution in [0.4, 0.5) is 0 Å². The first-order chi connectivity index (χ1) is 9.70. The number of amides is 1. The second kappa shape index (κ2) is 7.14. The molecule has 0 saturated carbocycles. The van der Waals surface area contributed by atoms with E-state index in [2.05, 4.69) is 10.6 Å². The van der Waals surface area contributed by atoms with Crippen LogP contribution >= 0.6 is 0 Å². The number of nitrogens with one attached hydrogen (secondary N) is 2. The number of methoxy groups -OCH3 is 1. The third-order valence-corrected chi connectivity index (χ3v) is 3.64. The molecule has 0 aliphatic carbocycles. The number of phenols is 1. The van der Waals surface area contributed by atoms with Gasteiger partial charge in [-0.2, -0.15) is 0 Å². The SMILES string of the molecule is COc1ccc(O)c(C(=O)NCCC2CCCCN2)c1. The van der Waals surface area contributed by atoms with Crippen LogP contribution in [-0.4, -0.2) is 37.3 Å². The van der Waals surface area contributed by atoms with Gasteiger partial charge in [-0.15, -0.1) is 0 Å². The first kappa shape index (κ1) is 14.7. The average Bonchev–Trinajstić information content (AvgIpc) is 2.48. The van der Waals surface area contributed by atoms with Gasteiger partial charge in [0.15, 0.2) is 0 Å². The summed E-state index contributed by atoms with van der Waals surface area (Å²) in [6, 6.07) is 5.13. The molecule has 2 rings (SSSR count). The number of ether oxygens (including phenoxy) is 1. The maximum Gasteiger partial charge on any atom is 0.255 e. The molecule has 0 spiro atoms. The number of rotatable bonds is 5. The van der Waals surface area contributed by atoms with Gasteiger partial charge in [-0.05, 0) is 44.0 Å². The zero-order valence-corrected chi connectivity index (χ0v) is 11.8. The standard InChI is InChI=1S/C15H22N2O3/c1-20-12-5-6-14(18)13(10-12)15(19)17-9-7-11-4-2-3-8-16-11/h5-6,10-11,16,18H,2-4,7-9H2,1H3,(H,17,19). The number of hydrogen-bond donors (Lipinski definition) is 3. The molecule has 3 N–H and O–H groups in total. The molecular weight excluding hydrogens is 256 g/mol. The van der Waals surface area contributed by atoms with Gasteiger partial charge < -0.3 is 20.5 Å². The van der Waals surface area contributed by atoms with E-state index in [1.165, 1.54) is 32.4 Å². The average molecular weight is 278 g/mol. The summed E-state index contributed by atoms with van der Waals surface area (Å²) in [5.74, 6) is 0.262. The molecule has 1 aromatic carbocycles. The van der Waals surface area contributed by atoms with Crippen LogP contribution in [0, 0.1) is 0 Å². The molecule has 1 aromatic rings. The molecule has 0 bridgehead atoms. The summed E-state index contributed by atoms with van der Waals surface area (Å²) in [5.41, 5.74) is 0.251. The summed E-state index contributed by atoms with van der Waals surface area (Å²) < 4.78 is 5.06. The van der Waals surface area contributed by atoms with Gasteiger partial charge in [-0.25, -0.2) is 0 Å². The molecular formula is C15H22N2O3. The number of phenolic OH excluding ortho intramolecular Hbond substituents is 1. The number of piperidine rings is 1. The number of carbonyl (C=O) groups is 1. The largest absolute Gasteiger partial charge is 0.507 e. The molecule has 5 heteroatoms. The summed E-state index contributed by atoms with van der Waals surface area (Å²) in [4.78, 5) is 12.0. The Bertz CT molecular complexity index is 456. The van der Waals surface area contributed by atoms with E-state index in [0.717, 1.165) is 13.0 Å². The molecule has 20 heavy (non-hydrogen) atoms. The topological polar surface area (TPSA) is 70.6 Å². The number of aromatic hydroxyl groups is 1. The minimum absolute atomic E-state index is 0.0286. The summed E-state index contributed by atoms with van der Waals surface area (Å²) in [6.45, 7) is 1.67. The third kappa shape index (κ3) is 3.87. The van der Waals surface area contributed by atoms with Crippen molar-refractivity contribution in [2.45, 2.75) is 31.7 Å². The van der Waals surface area contributed by atoms with Crippen molar-refractivity contribution in [2.24, 2.45) is 0 Å². The molecule has 110 valence electrons.